The summed E-state index contributed by atoms with van der Waals surface area (Å²) in [7, 11) is 2.25. The summed E-state index contributed by atoms with van der Waals surface area (Å²) in [6.45, 7) is 7.97. The highest BCUT2D eigenvalue weighted by Gasteiger charge is 2.30. The van der Waals surface area contributed by atoms with Gasteiger partial charge in [-0.05, 0) is 45.4 Å². The van der Waals surface area contributed by atoms with E-state index in [-0.39, 0.29) is 5.54 Å². The van der Waals surface area contributed by atoms with Gasteiger partial charge < -0.3 is 5.32 Å². The topological polar surface area (TPSA) is 15.3 Å². The minimum atomic E-state index is 0.276. The molecule has 0 bridgehead atoms. The van der Waals surface area contributed by atoms with E-state index in [1.807, 2.05) is 0 Å². The molecule has 17 heavy (non-hydrogen) atoms. The molecule has 1 N–H and O–H groups in total. The highest BCUT2D eigenvalue weighted by atomic mass is 15.2. The summed E-state index contributed by atoms with van der Waals surface area (Å²) < 4.78 is 0. The third-order valence-corrected chi connectivity index (χ3v) is 4.37. The summed E-state index contributed by atoms with van der Waals surface area (Å²) in [4.78, 5) is 2.52. The summed E-state index contributed by atoms with van der Waals surface area (Å²) in [6.07, 6.45) is 2.34. The summed E-state index contributed by atoms with van der Waals surface area (Å²) >= 11 is 0. The van der Waals surface area contributed by atoms with E-state index in [2.05, 4.69) is 62.3 Å². The maximum Gasteiger partial charge on any atom is 0.0373 e. The first-order chi connectivity index (χ1) is 8.04. The molecule has 94 valence electrons. The Kier molecular flexibility index (Phi) is 3.43. The molecule has 0 saturated heterocycles. The molecule has 2 heteroatoms. The number of para-hydroxylation sites is 1. The van der Waals surface area contributed by atoms with Crippen molar-refractivity contribution >= 4 is 5.69 Å². The standard InChI is InChI=1S/C15H24N2/c1-5-15(2,3)17(4)13-10-12-8-6-7-9-14(12)16-11-13/h6-9,13,16H,5,10-11H2,1-4H3. The van der Waals surface area contributed by atoms with Crippen molar-refractivity contribution < 1.29 is 0 Å². The van der Waals surface area contributed by atoms with E-state index in [4.69, 9.17) is 0 Å². The average Bonchev–Trinajstić information content (AvgIpc) is 2.37. The van der Waals surface area contributed by atoms with Crippen LogP contribution >= 0.6 is 0 Å². The molecule has 0 fully saturated rings. The normalized spacial score (nSPS) is 19.9. The quantitative estimate of drug-likeness (QED) is 0.861. The molecule has 1 aliphatic heterocycles. The molecule has 0 amide bonds. The van der Waals surface area contributed by atoms with Crippen LogP contribution in [0.25, 0.3) is 0 Å². The molecular weight excluding hydrogens is 208 g/mol. The lowest BCUT2D eigenvalue weighted by atomic mass is 9.92. The lowest BCUT2D eigenvalue weighted by molar-refractivity contribution is 0.101. The highest BCUT2D eigenvalue weighted by molar-refractivity contribution is 5.53. The van der Waals surface area contributed by atoms with Crippen LogP contribution in [0.2, 0.25) is 0 Å². The molecule has 0 aliphatic carbocycles. The van der Waals surface area contributed by atoms with Crippen molar-refractivity contribution in [2.24, 2.45) is 0 Å². The first-order valence-electron chi connectivity index (χ1n) is 6.59. The smallest absolute Gasteiger partial charge is 0.0373 e. The fraction of sp³-hybridized carbons (Fsp3) is 0.600. The Bertz CT molecular complexity index is 384. The van der Waals surface area contributed by atoms with Gasteiger partial charge in [0.2, 0.25) is 0 Å². The third-order valence-electron chi connectivity index (χ3n) is 4.37. The van der Waals surface area contributed by atoms with Gasteiger partial charge in [-0.2, -0.15) is 0 Å². The fourth-order valence-electron chi connectivity index (χ4n) is 2.44. The zero-order valence-corrected chi connectivity index (χ0v) is 11.5. The molecule has 1 heterocycles. The van der Waals surface area contributed by atoms with Crippen LogP contribution in [-0.4, -0.2) is 30.1 Å². The van der Waals surface area contributed by atoms with Crippen molar-refractivity contribution in [3.05, 3.63) is 29.8 Å². The van der Waals surface area contributed by atoms with Crippen molar-refractivity contribution in [2.45, 2.75) is 45.2 Å². The Morgan fingerprint density at radius 2 is 2.06 bits per heavy atom. The molecule has 2 rings (SSSR count). The van der Waals surface area contributed by atoms with E-state index in [0.717, 1.165) is 13.0 Å². The van der Waals surface area contributed by atoms with E-state index in [0.29, 0.717) is 6.04 Å². The van der Waals surface area contributed by atoms with Gasteiger partial charge in [0, 0.05) is 23.8 Å². The van der Waals surface area contributed by atoms with Crippen LogP contribution in [0.1, 0.15) is 32.8 Å². The minimum Gasteiger partial charge on any atom is -0.383 e. The van der Waals surface area contributed by atoms with Gasteiger partial charge in [0.25, 0.3) is 0 Å². The molecule has 0 radical (unpaired) electrons. The number of nitrogens with one attached hydrogen (secondary N) is 1. The second-order valence-electron chi connectivity index (χ2n) is 5.67. The van der Waals surface area contributed by atoms with Crippen LogP contribution in [0.5, 0.6) is 0 Å². The summed E-state index contributed by atoms with van der Waals surface area (Å²) in [5.41, 5.74) is 3.03. The number of nitrogens with zero attached hydrogens (tertiary/aromatic N) is 1. The molecule has 1 aromatic carbocycles. The van der Waals surface area contributed by atoms with E-state index >= 15 is 0 Å². The highest BCUT2D eigenvalue weighted by Crippen LogP contribution is 2.27. The number of hydrogen-bond donors (Lipinski definition) is 1. The molecule has 1 aromatic rings. The first kappa shape index (κ1) is 12.4. The second-order valence-corrected chi connectivity index (χ2v) is 5.67. The Balaban J connectivity index is 2.12. The molecule has 0 saturated carbocycles. The van der Waals surface area contributed by atoms with Gasteiger partial charge in [-0.25, -0.2) is 0 Å². The van der Waals surface area contributed by atoms with Crippen LogP contribution in [0, 0.1) is 0 Å². The lowest BCUT2D eigenvalue weighted by Crippen LogP contribution is -2.51. The molecule has 1 atom stereocenters. The van der Waals surface area contributed by atoms with Gasteiger partial charge in [-0.15, -0.1) is 0 Å². The zero-order chi connectivity index (χ0) is 12.5. The second kappa shape index (κ2) is 4.69. The molecular formula is C15H24N2. The summed E-state index contributed by atoms with van der Waals surface area (Å²) in [5.74, 6) is 0. The Hall–Kier alpha value is -1.02. The van der Waals surface area contributed by atoms with Gasteiger partial charge in [-0.1, -0.05) is 25.1 Å². The van der Waals surface area contributed by atoms with E-state index in [1.54, 1.807) is 0 Å². The number of likely N-dealkylation sites (N-methyl/N-ethyl adjacent to an activating group) is 1. The summed E-state index contributed by atoms with van der Waals surface area (Å²) in [5, 5.41) is 3.55. The molecule has 1 unspecified atom stereocenters. The maximum absolute atomic E-state index is 3.55. The van der Waals surface area contributed by atoms with E-state index in [9.17, 15) is 0 Å². The van der Waals surface area contributed by atoms with Crippen molar-refractivity contribution in [3.8, 4) is 0 Å². The Morgan fingerprint density at radius 1 is 1.35 bits per heavy atom. The number of rotatable bonds is 3. The number of benzene rings is 1. The SMILES string of the molecule is CCC(C)(C)N(C)C1CNc2ccccc2C1. The van der Waals surface area contributed by atoms with E-state index in [1.165, 1.54) is 17.7 Å². The average molecular weight is 232 g/mol. The van der Waals surface area contributed by atoms with Crippen molar-refractivity contribution in [1.29, 1.82) is 0 Å². The zero-order valence-electron chi connectivity index (χ0n) is 11.5. The monoisotopic (exact) mass is 232 g/mol. The largest absolute Gasteiger partial charge is 0.383 e. The van der Waals surface area contributed by atoms with Crippen LogP contribution in [0.15, 0.2) is 24.3 Å². The predicted molar refractivity (Wildman–Crippen MR) is 74.6 cm³/mol. The van der Waals surface area contributed by atoms with Crippen LogP contribution in [0.4, 0.5) is 5.69 Å². The predicted octanol–water partition coefficient (Wildman–Crippen LogP) is 3.14. The van der Waals surface area contributed by atoms with Gasteiger partial charge in [0.15, 0.2) is 0 Å². The van der Waals surface area contributed by atoms with Gasteiger partial charge in [0.05, 0.1) is 0 Å². The van der Waals surface area contributed by atoms with Crippen molar-refractivity contribution in [3.63, 3.8) is 0 Å². The van der Waals surface area contributed by atoms with Crippen LogP contribution in [-0.2, 0) is 6.42 Å². The Labute approximate surface area is 105 Å². The van der Waals surface area contributed by atoms with Crippen LogP contribution in [0.3, 0.4) is 0 Å². The number of anilines is 1. The molecule has 2 nitrogen and oxygen atoms in total. The molecule has 0 aromatic heterocycles. The maximum atomic E-state index is 3.55. The first-order valence-corrected chi connectivity index (χ1v) is 6.59. The van der Waals surface area contributed by atoms with Crippen molar-refractivity contribution in [1.82, 2.24) is 4.90 Å². The lowest BCUT2D eigenvalue weighted by Gasteiger charge is -2.43. The van der Waals surface area contributed by atoms with Crippen molar-refractivity contribution in [2.75, 3.05) is 18.9 Å². The summed E-state index contributed by atoms with van der Waals surface area (Å²) in [6, 6.07) is 9.25. The minimum absolute atomic E-state index is 0.276. The number of hydrogen-bond acceptors (Lipinski definition) is 2. The fourth-order valence-corrected chi connectivity index (χ4v) is 2.44. The van der Waals surface area contributed by atoms with Gasteiger partial charge in [0.1, 0.15) is 0 Å². The van der Waals surface area contributed by atoms with Gasteiger partial charge in [-0.3, -0.25) is 4.90 Å². The number of fused-ring (bicyclic) bond motifs is 1. The third kappa shape index (κ3) is 2.47. The van der Waals surface area contributed by atoms with E-state index < -0.39 is 0 Å². The van der Waals surface area contributed by atoms with Crippen LogP contribution < -0.4 is 5.32 Å². The molecule has 0 spiro atoms. The Morgan fingerprint density at radius 3 is 2.76 bits per heavy atom. The van der Waals surface area contributed by atoms with Gasteiger partial charge >= 0.3 is 0 Å². The molecule has 1 aliphatic rings.